The van der Waals surface area contributed by atoms with E-state index < -0.39 is 0 Å². The van der Waals surface area contributed by atoms with Gasteiger partial charge in [0.05, 0.1) is 0 Å². The number of benzene rings is 2. The molecule has 0 N–H and O–H groups in total. The van der Waals surface area contributed by atoms with Crippen molar-refractivity contribution in [1.29, 1.82) is 0 Å². The van der Waals surface area contributed by atoms with Crippen molar-refractivity contribution in [3.8, 4) is 0 Å². The molecule has 0 heterocycles. The second-order valence-corrected chi connectivity index (χ2v) is 8.04. The Morgan fingerprint density at radius 1 is 0.607 bits per heavy atom. The fraction of sp³-hybridized carbons (Fsp3) is 0.462. The third kappa shape index (κ3) is 8.21. The summed E-state index contributed by atoms with van der Waals surface area (Å²) in [5, 5.41) is 2.85. The Hall–Kier alpha value is 0.908. The summed E-state index contributed by atoms with van der Waals surface area (Å²) in [4.78, 5) is 0. The summed E-state index contributed by atoms with van der Waals surface area (Å²) in [6.07, 6.45) is 18.3. The molecular formula is C26H36Y2-4. The van der Waals surface area contributed by atoms with Crippen LogP contribution in [0.25, 0.3) is 10.8 Å². The van der Waals surface area contributed by atoms with Crippen molar-refractivity contribution in [2.24, 2.45) is 11.8 Å². The molecule has 2 aliphatic carbocycles. The maximum Gasteiger partial charge on any atom is 0 e. The maximum atomic E-state index is 2.46. The number of hydrogen-bond donors (Lipinski definition) is 0. The van der Waals surface area contributed by atoms with Crippen molar-refractivity contribution in [2.45, 2.75) is 64.2 Å². The first-order chi connectivity index (χ1) is 11.9. The summed E-state index contributed by atoms with van der Waals surface area (Å²) in [6, 6.07) is 14.3. The van der Waals surface area contributed by atoms with Gasteiger partial charge in [0.2, 0.25) is 0 Å². The molecule has 0 atom stereocenters. The largest absolute Gasteiger partial charge is 0.358 e. The van der Waals surface area contributed by atoms with Gasteiger partial charge in [0.1, 0.15) is 0 Å². The Bertz CT molecular complexity index is 608. The minimum Gasteiger partial charge on any atom is -0.358 e. The minimum atomic E-state index is 0. The molecule has 0 aromatic heterocycles. The van der Waals surface area contributed by atoms with Crippen LogP contribution in [0.15, 0.2) is 36.4 Å². The van der Waals surface area contributed by atoms with Gasteiger partial charge in [-0.3, -0.25) is 0 Å². The Morgan fingerprint density at radius 3 is 1.32 bits per heavy atom. The number of hydrogen-bond acceptors (Lipinski definition) is 0. The topological polar surface area (TPSA) is 0 Å². The van der Waals surface area contributed by atoms with Crippen molar-refractivity contribution in [3.63, 3.8) is 0 Å². The van der Waals surface area contributed by atoms with Gasteiger partial charge in [0.25, 0.3) is 0 Å². The SMILES string of the molecule is [CH3-].[CH3-].[Y].[Y].c1cc2cc(CC3CC[CH-]CC3)ccc2cc1CC1CC[CH-]CC1. The van der Waals surface area contributed by atoms with Gasteiger partial charge in [-0.25, -0.2) is 0 Å². The molecule has 28 heavy (non-hydrogen) atoms. The molecule has 0 amide bonds. The second-order valence-electron chi connectivity index (χ2n) is 8.04. The van der Waals surface area contributed by atoms with E-state index in [-0.39, 0.29) is 80.3 Å². The molecular weight excluding hydrogens is 490 g/mol. The van der Waals surface area contributed by atoms with Gasteiger partial charge in [0, 0.05) is 65.4 Å². The van der Waals surface area contributed by atoms with Gasteiger partial charge >= 0.3 is 0 Å². The average Bonchev–Trinajstić information content (AvgIpc) is 2.64. The molecule has 2 heteroatoms. The zero-order valence-electron chi connectivity index (χ0n) is 18.0. The molecule has 0 bridgehead atoms. The van der Waals surface area contributed by atoms with Crippen LogP contribution in [0.1, 0.15) is 62.5 Å². The molecule has 2 aromatic carbocycles. The monoisotopic (exact) mass is 526 g/mol. The summed E-state index contributed by atoms with van der Waals surface area (Å²) in [5.41, 5.74) is 3.06. The van der Waals surface area contributed by atoms with Crippen molar-refractivity contribution >= 4 is 10.8 Å². The smallest absolute Gasteiger partial charge is 0 e. The first-order valence-electron chi connectivity index (χ1n) is 10.0. The molecule has 2 aromatic rings. The van der Waals surface area contributed by atoms with Crippen LogP contribution < -0.4 is 0 Å². The molecule has 2 fully saturated rings. The van der Waals surface area contributed by atoms with E-state index in [1.165, 1.54) is 86.1 Å². The molecule has 4 rings (SSSR count). The molecule has 0 unspecified atom stereocenters. The van der Waals surface area contributed by atoms with E-state index in [2.05, 4.69) is 49.2 Å². The molecule has 2 saturated carbocycles. The van der Waals surface area contributed by atoms with E-state index in [1.807, 2.05) is 0 Å². The molecule has 0 aliphatic heterocycles. The molecule has 2 aliphatic rings. The van der Waals surface area contributed by atoms with E-state index in [4.69, 9.17) is 0 Å². The van der Waals surface area contributed by atoms with Crippen LogP contribution in [0.2, 0.25) is 0 Å². The van der Waals surface area contributed by atoms with Gasteiger partial charge in [-0.1, -0.05) is 62.1 Å². The van der Waals surface area contributed by atoms with Gasteiger partial charge < -0.3 is 27.7 Å². The van der Waals surface area contributed by atoms with Crippen molar-refractivity contribution < 1.29 is 65.4 Å². The maximum absolute atomic E-state index is 2.46. The predicted molar refractivity (Wildman–Crippen MR) is 117 cm³/mol. The standard InChI is InChI=1S/C24H30.2CH3.2Y/c1-3-7-19(8-4-1)15-21-11-13-24-18-22(12-14-23(24)17-21)16-20-9-5-2-6-10-20;;;;/h1-2,11-14,17-20H,3-10,15-16H2;2*1H3;;/q-2;2*-1;;. The van der Waals surface area contributed by atoms with Crippen molar-refractivity contribution in [1.82, 2.24) is 0 Å². The summed E-state index contributed by atoms with van der Waals surface area (Å²) in [7, 11) is 0. The predicted octanol–water partition coefficient (Wildman–Crippen LogP) is 7.61. The summed E-state index contributed by atoms with van der Waals surface area (Å²) in [6.45, 7) is 0. The fourth-order valence-corrected chi connectivity index (χ4v) is 4.67. The molecule has 2 radical (unpaired) electrons. The van der Waals surface area contributed by atoms with Gasteiger partial charge in [-0.05, 0) is 46.6 Å². The quantitative estimate of drug-likeness (QED) is 0.360. The minimum absolute atomic E-state index is 0. The zero-order valence-corrected chi connectivity index (χ0v) is 23.7. The Morgan fingerprint density at radius 2 is 0.964 bits per heavy atom. The fourth-order valence-electron chi connectivity index (χ4n) is 4.67. The van der Waals surface area contributed by atoms with E-state index in [0.29, 0.717) is 0 Å². The summed E-state index contributed by atoms with van der Waals surface area (Å²) < 4.78 is 0. The van der Waals surface area contributed by atoms with E-state index >= 15 is 0 Å². The van der Waals surface area contributed by atoms with Gasteiger partial charge in [0.15, 0.2) is 0 Å². The van der Waals surface area contributed by atoms with Crippen LogP contribution in [0.4, 0.5) is 0 Å². The molecule has 0 nitrogen and oxygen atoms in total. The normalized spacial score (nSPS) is 17.6. The first kappa shape index (κ1) is 28.9. The third-order valence-corrected chi connectivity index (χ3v) is 6.13. The molecule has 0 spiro atoms. The van der Waals surface area contributed by atoms with Crippen LogP contribution in [0, 0.1) is 39.5 Å². The van der Waals surface area contributed by atoms with E-state index in [0.717, 1.165) is 11.8 Å². The van der Waals surface area contributed by atoms with Crippen LogP contribution >= 0.6 is 0 Å². The van der Waals surface area contributed by atoms with Crippen molar-refractivity contribution in [2.75, 3.05) is 0 Å². The van der Waals surface area contributed by atoms with Crippen LogP contribution in [-0.4, -0.2) is 0 Å². The Balaban J connectivity index is 0.00000182. The molecule has 0 saturated heterocycles. The van der Waals surface area contributed by atoms with Crippen LogP contribution in [-0.2, 0) is 78.3 Å². The van der Waals surface area contributed by atoms with Crippen molar-refractivity contribution in [3.05, 3.63) is 75.2 Å². The van der Waals surface area contributed by atoms with Gasteiger partial charge in [-0.2, -0.15) is 25.7 Å². The number of fused-ring (bicyclic) bond motifs is 1. The van der Waals surface area contributed by atoms with E-state index in [1.54, 1.807) is 0 Å². The zero-order chi connectivity index (χ0) is 16.2. The van der Waals surface area contributed by atoms with Gasteiger partial charge in [-0.15, -0.1) is 0 Å². The Labute approximate surface area is 225 Å². The summed E-state index contributed by atoms with van der Waals surface area (Å²) >= 11 is 0. The average molecular weight is 526 g/mol. The third-order valence-electron chi connectivity index (χ3n) is 6.13. The first-order valence-corrected chi connectivity index (χ1v) is 10.0. The van der Waals surface area contributed by atoms with Crippen LogP contribution in [0.3, 0.4) is 0 Å². The molecule has 150 valence electrons. The Kier molecular flexibility index (Phi) is 15.3. The van der Waals surface area contributed by atoms with E-state index in [9.17, 15) is 0 Å². The second kappa shape index (κ2) is 14.8. The van der Waals surface area contributed by atoms with Crippen LogP contribution in [0.5, 0.6) is 0 Å². The summed E-state index contributed by atoms with van der Waals surface area (Å²) in [5.74, 6) is 1.80. The number of rotatable bonds is 4.